The van der Waals surface area contributed by atoms with Crippen molar-refractivity contribution in [2.45, 2.75) is 26.1 Å². The average molecular weight is 313 g/mol. The molecule has 2 heterocycles. The van der Waals surface area contributed by atoms with Crippen LogP contribution in [0.5, 0.6) is 5.75 Å². The van der Waals surface area contributed by atoms with Crippen molar-refractivity contribution in [3.63, 3.8) is 0 Å². The van der Waals surface area contributed by atoms with Crippen molar-refractivity contribution in [2.24, 2.45) is 0 Å². The minimum atomic E-state index is 0.233. The van der Waals surface area contributed by atoms with Crippen LogP contribution in [-0.2, 0) is 13.1 Å². The van der Waals surface area contributed by atoms with Gasteiger partial charge in [0.15, 0.2) is 0 Å². The fourth-order valence-corrected chi connectivity index (χ4v) is 2.28. The van der Waals surface area contributed by atoms with Crippen molar-refractivity contribution < 1.29 is 9.26 Å². The maximum Gasteiger partial charge on any atom is 0.240 e. The Balaban J connectivity index is 1.61. The van der Waals surface area contributed by atoms with E-state index in [1.165, 1.54) is 0 Å². The Morgan fingerprint density at radius 2 is 2.17 bits per heavy atom. The van der Waals surface area contributed by atoms with E-state index in [0.717, 1.165) is 17.9 Å². The van der Waals surface area contributed by atoms with Crippen LogP contribution in [-0.4, -0.2) is 33.1 Å². The number of rotatable bonds is 7. The summed E-state index contributed by atoms with van der Waals surface area (Å²) in [5, 5.41) is 11.6. The summed E-state index contributed by atoms with van der Waals surface area (Å²) in [6.45, 7) is 3.37. The number of hydrogen-bond acceptors (Lipinski definition) is 6. The molecule has 1 atom stereocenters. The van der Waals surface area contributed by atoms with E-state index < -0.39 is 0 Å². The van der Waals surface area contributed by atoms with Gasteiger partial charge >= 0.3 is 0 Å². The highest BCUT2D eigenvalue weighted by Crippen LogP contribution is 2.26. The Kier molecular flexibility index (Phi) is 4.68. The Hall–Kier alpha value is -2.67. The first-order valence-electron chi connectivity index (χ1n) is 7.43. The lowest BCUT2D eigenvalue weighted by Gasteiger charge is -2.11. The van der Waals surface area contributed by atoms with Gasteiger partial charge in [-0.25, -0.2) is 0 Å². The van der Waals surface area contributed by atoms with Gasteiger partial charge in [0.25, 0.3) is 0 Å². The molecule has 0 aliphatic rings. The summed E-state index contributed by atoms with van der Waals surface area (Å²) in [6, 6.07) is 9.73. The van der Waals surface area contributed by atoms with E-state index in [9.17, 15) is 0 Å². The van der Waals surface area contributed by atoms with Crippen molar-refractivity contribution in [1.29, 1.82) is 0 Å². The molecule has 7 heteroatoms. The van der Waals surface area contributed by atoms with Crippen LogP contribution in [0.1, 0.15) is 12.8 Å². The summed E-state index contributed by atoms with van der Waals surface area (Å²) in [6.07, 6.45) is 3.70. The van der Waals surface area contributed by atoms with Crippen LogP contribution < -0.4 is 10.1 Å². The topological polar surface area (TPSA) is 78.0 Å². The predicted octanol–water partition coefficient (Wildman–Crippen LogP) is 2.12. The molecule has 0 aliphatic carbocycles. The zero-order valence-corrected chi connectivity index (χ0v) is 13.1. The standard InChI is InChI=1S/C16H19N5O2/c1-12(11-21-9-5-8-18-21)17-10-15-19-16(20-23-15)13-6-3-4-7-14(13)22-2/h3-9,12,17H,10-11H2,1-2H3/t12-/m0/s1. The van der Waals surface area contributed by atoms with Gasteiger partial charge in [0, 0.05) is 18.4 Å². The van der Waals surface area contributed by atoms with Crippen LogP contribution in [0.4, 0.5) is 0 Å². The Morgan fingerprint density at radius 3 is 2.96 bits per heavy atom. The first-order valence-corrected chi connectivity index (χ1v) is 7.43. The number of nitrogens with one attached hydrogen (secondary N) is 1. The number of methoxy groups -OCH3 is 1. The van der Waals surface area contributed by atoms with Gasteiger partial charge in [-0.05, 0) is 25.1 Å². The highest BCUT2D eigenvalue weighted by Gasteiger charge is 2.13. The lowest BCUT2D eigenvalue weighted by molar-refractivity contribution is 0.350. The second-order valence-corrected chi connectivity index (χ2v) is 5.22. The Bertz CT molecular complexity index is 739. The van der Waals surface area contributed by atoms with E-state index in [-0.39, 0.29) is 6.04 Å². The number of hydrogen-bond donors (Lipinski definition) is 1. The molecule has 0 radical (unpaired) electrons. The smallest absolute Gasteiger partial charge is 0.240 e. The van der Waals surface area contributed by atoms with E-state index in [2.05, 4.69) is 27.5 Å². The molecule has 0 spiro atoms. The van der Waals surface area contributed by atoms with E-state index in [4.69, 9.17) is 9.26 Å². The normalized spacial score (nSPS) is 12.3. The maximum atomic E-state index is 5.32. The lowest BCUT2D eigenvalue weighted by Crippen LogP contribution is -2.30. The van der Waals surface area contributed by atoms with E-state index in [0.29, 0.717) is 18.3 Å². The minimum Gasteiger partial charge on any atom is -0.496 e. The van der Waals surface area contributed by atoms with E-state index in [1.807, 2.05) is 41.2 Å². The maximum absolute atomic E-state index is 5.32. The summed E-state index contributed by atoms with van der Waals surface area (Å²) >= 11 is 0. The molecular weight excluding hydrogens is 294 g/mol. The molecule has 0 saturated carbocycles. The van der Waals surface area contributed by atoms with E-state index >= 15 is 0 Å². The molecule has 0 unspecified atom stereocenters. The van der Waals surface area contributed by atoms with Gasteiger partial charge in [-0.15, -0.1) is 0 Å². The molecule has 120 valence electrons. The van der Waals surface area contributed by atoms with Crippen LogP contribution in [0.2, 0.25) is 0 Å². The summed E-state index contributed by atoms with van der Waals surface area (Å²) < 4.78 is 12.5. The molecule has 0 aliphatic heterocycles. The molecule has 0 fully saturated rings. The number of para-hydroxylation sites is 1. The zero-order valence-electron chi connectivity index (χ0n) is 13.1. The molecule has 1 aromatic carbocycles. The SMILES string of the molecule is COc1ccccc1-c1noc(CN[C@@H](C)Cn2cccn2)n1. The quantitative estimate of drug-likeness (QED) is 0.720. The summed E-state index contributed by atoms with van der Waals surface area (Å²) in [5.41, 5.74) is 0.814. The molecule has 0 saturated heterocycles. The second kappa shape index (κ2) is 7.06. The van der Waals surface area contributed by atoms with Crippen molar-refractivity contribution in [3.8, 4) is 17.1 Å². The van der Waals surface area contributed by atoms with Gasteiger partial charge in [-0.3, -0.25) is 4.68 Å². The lowest BCUT2D eigenvalue weighted by atomic mass is 10.2. The van der Waals surface area contributed by atoms with Crippen molar-refractivity contribution in [3.05, 3.63) is 48.6 Å². The fourth-order valence-electron chi connectivity index (χ4n) is 2.28. The fraction of sp³-hybridized carbons (Fsp3) is 0.312. The Morgan fingerprint density at radius 1 is 1.30 bits per heavy atom. The second-order valence-electron chi connectivity index (χ2n) is 5.22. The monoisotopic (exact) mass is 313 g/mol. The van der Waals surface area contributed by atoms with Crippen molar-refractivity contribution in [1.82, 2.24) is 25.2 Å². The van der Waals surface area contributed by atoms with Gasteiger partial charge in [0.05, 0.1) is 25.8 Å². The molecule has 3 aromatic rings. The van der Waals surface area contributed by atoms with Gasteiger partial charge in [0.1, 0.15) is 5.75 Å². The molecule has 7 nitrogen and oxygen atoms in total. The van der Waals surface area contributed by atoms with Crippen molar-refractivity contribution >= 4 is 0 Å². The largest absolute Gasteiger partial charge is 0.496 e. The number of nitrogens with zero attached hydrogens (tertiary/aromatic N) is 4. The van der Waals surface area contributed by atoms with Gasteiger partial charge in [-0.2, -0.15) is 10.1 Å². The first kappa shape index (κ1) is 15.2. The van der Waals surface area contributed by atoms with Gasteiger partial charge in [0.2, 0.25) is 11.7 Å². The van der Waals surface area contributed by atoms with Crippen LogP contribution in [0.3, 0.4) is 0 Å². The van der Waals surface area contributed by atoms with Crippen LogP contribution in [0.15, 0.2) is 47.2 Å². The number of aromatic nitrogens is 4. The van der Waals surface area contributed by atoms with Crippen LogP contribution >= 0.6 is 0 Å². The highest BCUT2D eigenvalue weighted by molar-refractivity contribution is 5.63. The van der Waals surface area contributed by atoms with Gasteiger partial charge in [-0.1, -0.05) is 17.3 Å². The van der Waals surface area contributed by atoms with E-state index in [1.54, 1.807) is 13.3 Å². The molecule has 3 rings (SSSR count). The summed E-state index contributed by atoms with van der Waals surface area (Å²) in [5.74, 6) is 1.79. The molecule has 2 aromatic heterocycles. The predicted molar refractivity (Wildman–Crippen MR) is 84.8 cm³/mol. The molecular formula is C16H19N5O2. The third-order valence-electron chi connectivity index (χ3n) is 3.44. The number of benzene rings is 1. The van der Waals surface area contributed by atoms with Crippen LogP contribution in [0, 0.1) is 0 Å². The molecule has 0 bridgehead atoms. The van der Waals surface area contributed by atoms with Crippen LogP contribution in [0.25, 0.3) is 11.4 Å². The minimum absolute atomic E-state index is 0.233. The average Bonchev–Trinajstić information content (AvgIpc) is 3.24. The molecule has 1 N–H and O–H groups in total. The first-order chi connectivity index (χ1) is 11.3. The molecule has 23 heavy (non-hydrogen) atoms. The number of ether oxygens (including phenoxy) is 1. The van der Waals surface area contributed by atoms with Crippen molar-refractivity contribution in [2.75, 3.05) is 7.11 Å². The summed E-state index contributed by atoms with van der Waals surface area (Å²) in [4.78, 5) is 4.42. The highest BCUT2D eigenvalue weighted by atomic mass is 16.5. The Labute approximate surface area is 134 Å². The third kappa shape index (κ3) is 3.75. The van der Waals surface area contributed by atoms with Gasteiger partial charge < -0.3 is 14.6 Å². The third-order valence-corrected chi connectivity index (χ3v) is 3.44. The summed E-state index contributed by atoms with van der Waals surface area (Å²) in [7, 11) is 1.62. The zero-order chi connectivity index (χ0) is 16.1. The molecule has 0 amide bonds.